The number of ether oxygens (including phenoxy) is 2. The highest BCUT2D eigenvalue weighted by Crippen LogP contribution is 2.40. The molecule has 2 unspecified atom stereocenters. The molecule has 2 fully saturated rings. The zero-order valence-corrected chi connectivity index (χ0v) is 22.6. The number of carbonyl (C=O) groups is 2. The smallest absolute Gasteiger partial charge is 0.345 e. The van der Waals surface area contributed by atoms with Crippen LogP contribution in [0.15, 0.2) is 60.9 Å². The minimum absolute atomic E-state index is 0.0484. The van der Waals surface area contributed by atoms with Gasteiger partial charge in [-0.25, -0.2) is 4.79 Å². The first-order valence-corrected chi connectivity index (χ1v) is 13.9. The first kappa shape index (κ1) is 26.7. The number of nitrogens with one attached hydrogen (secondary N) is 1. The fraction of sp³-hybridized carbons (Fsp3) is 0.406. The zero-order valence-electron chi connectivity index (χ0n) is 22.6. The fourth-order valence-electron chi connectivity index (χ4n) is 5.61. The molecule has 5 rings (SSSR count). The summed E-state index contributed by atoms with van der Waals surface area (Å²) in [6.07, 6.45) is 8.68. The summed E-state index contributed by atoms with van der Waals surface area (Å²) in [5.74, 6) is 0.268. The van der Waals surface area contributed by atoms with Crippen molar-refractivity contribution in [3.8, 4) is 22.6 Å². The summed E-state index contributed by atoms with van der Waals surface area (Å²) in [5, 5.41) is 12.7. The topological polar surface area (TPSA) is 97.8 Å². The van der Waals surface area contributed by atoms with E-state index in [1.165, 1.54) is 0 Å². The maximum absolute atomic E-state index is 13.8. The standard InChI is InChI=1S/C32H36N2O5/c1-3-38-26-17-25(18-33-19-26)21-11-13-23(14-12-21)29(22-7-4-5-8-22)31(35)34-27-9-6-10-28(20(27)2)39-30(32(36)37)24-15-16-24/h6,9-14,17-19,22,24,29-30H,3-5,7-8,15-16H2,1-2H3,(H,34,35)(H,36,37). The lowest BCUT2D eigenvalue weighted by molar-refractivity contribution is -0.146. The van der Waals surface area contributed by atoms with Crippen molar-refractivity contribution in [1.29, 1.82) is 0 Å². The molecule has 2 aliphatic carbocycles. The Labute approximate surface area is 229 Å². The normalized spacial score (nSPS) is 16.9. The summed E-state index contributed by atoms with van der Waals surface area (Å²) < 4.78 is 11.5. The number of aliphatic carboxylic acids is 1. The number of nitrogens with zero attached hydrogens (tertiary/aromatic N) is 1. The van der Waals surface area contributed by atoms with Gasteiger partial charge in [0.1, 0.15) is 11.5 Å². The number of anilines is 1. The number of pyridine rings is 1. The molecular formula is C32H36N2O5. The van der Waals surface area contributed by atoms with Crippen molar-refractivity contribution in [1.82, 2.24) is 4.98 Å². The van der Waals surface area contributed by atoms with Crippen LogP contribution in [0.4, 0.5) is 5.69 Å². The lowest BCUT2D eigenvalue weighted by Gasteiger charge is -2.24. The summed E-state index contributed by atoms with van der Waals surface area (Å²) in [4.78, 5) is 29.8. The molecule has 2 atom stereocenters. The van der Waals surface area contributed by atoms with Crippen LogP contribution < -0.4 is 14.8 Å². The summed E-state index contributed by atoms with van der Waals surface area (Å²) in [5.41, 5.74) is 4.35. The van der Waals surface area contributed by atoms with Gasteiger partial charge in [0.05, 0.1) is 18.7 Å². The number of amides is 1. The van der Waals surface area contributed by atoms with E-state index in [2.05, 4.69) is 10.3 Å². The van der Waals surface area contributed by atoms with Crippen LogP contribution in [0.25, 0.3) is 11.1 Å². The van der Waals surface area contributed by atoms with Crippen molar-refractivity contribution in [2.24, 2.45) is 11.8 Å². The summed E-state index contributed by atoms with van der Waals surface area (Å²) in [6, 6.07) is 15.6. The van der Waals surface area contributed by atoms with Gasteiger partial charge in [0, 0.05) is 28.9 Å². The maximum atomic E-state index is 13.8. The molecule has 1 amide bonds. The predicted molar refractivity (Wildman–Crippen MR) is 150 cm³/mol. The Hall–Kier alpha value is -3.87. The van der Waals surface area contributed by atoms with Crippen molar-refractivity contribution in [2.45, 2.75) is 64.4 Å². The van der Waals surface area contributed by atoms with Gasteiger partial charge in [0.2, 0.25) is 5.91 Å². The summed E-state index contributed by atoms with van der Waals surface area (Å²) in [7, 11) is 0. The minimum Gasteiger partial charge on any atom is -0.492 e. The average molecular weight is 529 g/mol. The molecule has 2 saturated carbocycles. The Morgan fingerprint density at radius 1 is 1.00 bits per heavy atom. The van der Waals surface area contributed by atoms with E-state index < -0.39 is 12.1 Å². The summed E-state index contributed by atoms with van der Waals surface area (Å²) in [6.45, 7) is 4.39. The highest BCUT2D eigenvalue weighted by molar-refractivity contribution is 5.97. The molecule has 204 valence electrons. The Morgan fingerprint density at radius 2 is 1.74 bits per heavy atom. The second kappa shape index (κ2) is 11.9. The Bertz CT molecular complexity index is 1310. The Kier molecular flexibility index (Phi) is 8.15. The third-order valence-corrected chi connectivity index (χ3v) is 7.87. The van der Waals surface area contributed by atoms with Crippen LogP contribution in [-0.2, 0) is 9.59 Å². The number of carboxylic acid groups (broad SMARTS) is 1. The maximum Gasteiger partial charge on any atom is 0.345 e. The van der Waals surface area contributed by atoms with Crippen LogP contribution in [0, 0.1) is 18.8 Å². The minimum atomic E-state index is -0.948. The molecule has 2 aromatic carbocycles. The van der Waals surface area contributed by atoms with Gasteiger partial charge in [-0.2, -0.15) is 0 Å². The third-order valence-electron chi connectivity index (χ3n) is 7.87. The Balaban J connectivity index is 1.37. The molecule has 7 nitrogen and oxygen atoms in total. The van der Waals surface area contributed by atoms with Gasteiger partial charge in [0.15, 0.2) is 6.10 Å². The average Bonchev–Trinajstić information content (AvgIpc) is 3.63. The number of carbonyl (C=O) groups excluding carboxylic acids is 1. The van der Waals surface area contributed by atoms with Gasteiger partial charge in [0.25, 0.3) is 0 Å². The molecule has 7 heteroatoms. The highest BCUT2D eigenvalue weighted by atomic mass is 16.5. The molecule has 0 aliphatic heterocycles. The van der Waals surface area contributed by atoms with Crippen molar-refractivity contribution in [3.63, 3.8) is 0 Å². The predicted octanol–water partition coefficient (Wildman–Crippen LogP) is 6.61. The van der Waals surface area contributed by atoms with Gasteiger partial charge >= 0.3 is 5.97 Å². The van der Waals surface area contributed by atoms with Gasteiger partial charge in [-0.15, -0.1) is 0 Å². The number of hydrogen-bond donors (Lipinski definition) is 2. The van der Waals surface area contributed by atoms with E-state index in [1.54, 1.807) is 18.3 Å². The van der Waals surface area contributed by atoms with Crippen molar-refractivity contribution in [2.75, 3.05) is 11.9 Å². The van der Waals surface area contributed by atoms with E-state index in [4.69, 9.17) is 9.47 Å². The first-order valence-electron chi connectivity index (χ1n) is 13.9. The number of hydrogen-bond acceptors (Lipinski definition) is 5. The Morgan fingerprint density at radius 3 is 2.41 bits per heavy atom. The van der Waals surface area contributed by atoms with E-state index in [1.807, 2.05) is 56.4 Å². The second-order valence-electron chi connectivity index (χ2n) is 10.6. The van der Waals surface area contributed by atoms with E-state index >= 15 is 0 Å². The van der Waals surface area contributed by atoms with Crippen LogP contribution in [0.1, 0.15) is 62.5 Å². The molecular weight excluding hydrogens is 492 g/mol. The molecule has 39 heavy (non-hydrogen) atoms. The molecule has 0 spiro atoms. The van der Waals surface area contributed by atoms with E-state index in [9.17, 15) is 14.7 Å². The molecule has 0 bridgehead atoms. The van der Waals surface area contributed by atoms with Crippen LogP contribution in [0.5, 0.6) is 11.5 Å². The monoisotopic (exact) mass is 528 g/mol. The molecule has 1 heterocycles. The molecule has 0 saturated heterocycles. The quantitative estimate of drug-likeness (QED) is 0.291. The third kappa shape index (κ3) is 6.24. The molecule has 2 N–H and O–H groups in total. The SMILES string of the molecule is CCOc1cncc(-c2ccc(C(C(=O)Nc3cccc(OC(C(=O)O)C4CC4)c3C)C3CCCC3)cc2)c1. The first-order chi connectivity index (χ1) is 18.9. The van der Waals surface area contributed by atoms with Crippen molar-refractivity contribution >= 4 is 17.6 Å². The van der Waals surface area contributed by atoms with Gasteiger partial charge in [-0.3, -0.25) is 9.78 Å². The number of benzene rings is 2. The van der Waals surface area contributed by atoms with Crippen LogP contribution >= 0.6 is 0 Å². The fourth-order valence-corrected chi connectivity index (χ4v) is 5.61. The number of rotatable bonds is 11. The van der Waals surface area contributed by atoms with Crippen molar-refractivity contribution < 1.29 is 24.2 Å². The molecule has 2 aliphatic rings. The lowest BCUT2D eigenvalue weighted by Crippen LogP contribution is -2.29. The number of aromatic nitrogens is 1. The molecule has 3 aromatic rings. The van der Waals surface area contributed by atoms with E-state index in [-0.39, 0.29) is 23.7 Å². The second-order valence-corrected chi connectivity index (χ2v) is 10.6. The van der Waals surface area contributed by atoms with Crippen LogP contribution in [0.2, 0.25) is 0 Å². The van der Waals surface area contributed by atoms with Crippen LogP contribution in [-0.4, -0.2) is 34.7 Å². The van der Waals surface area contributed by atoms with E-state index in [0.29, 0.717) is 18.0 Å². The summed E-state index contributed by atoms with van der Waals surface area (Å²) >= 11 is 0. The number of carboxylic acids is 1. The zero-order chi connectivity index (χ0) is 27.4. The van der Waals surface area contributed by atoms with Crippen LogP contribution in [0.3, 0.4) is 0 Å². The highest BCUT2D eigenvalue weighted by Gasteiger charge is 2.38. The largest absolute Gasteiger partial charge is 0.492 e. The van der Waals surface area contributed by atoms with Gasteiger partial charge in [-0.05, 0) is 74.8 Å². The van der Waals surface area contributed by atoms with Gasteiger partial charge < -0.3 is 19.9 Å². The van der Waals surface area contributed by atoms with Gasteiger partial charge in [-0.1, -0.05) is 43.2 Å². The van der Waals surface area contributed by atoms with E-state index in [0.717, 1.165) is 66.5 Å². The molecule has 1 aromatic heterocycles. The van der Waals surface area contributed by atoms with Crippen molar-refractivity contribution in [3.05, 3.63) is 72.1 Å². The molecule has 0 radical (unpaired) electrons. The lowest BCUT2D eigenvalue weighted by atomic mass is 9.83.